The molecule has 0 aliphatic rings. The zero-order valence-electron chi connectivity index (χ0n) is 14.5. The van der Waals surface area contributed by atoms with Crippen molar-refractivity contribution in [1.82, 2.24) is 0 Å². The van der Waals surface area contributed by atoms with E-state index in [1.165, 1.54) is 50.5 Å². The zero-order chi connectivity index (χ0) is 16.1. The van der Waals surface area contributed by atoms with Crippen LogP contribution in [0.3, 0.4) is 0 Å². The fraction of sp³-hybridized carbons (Fsp3) is 0.700. The molecule has 0 N–H and O–H groups in total. The van der Waals surface area contributed by atoms with E-state index in [9.17, 15) is 0 Å². The number of methoxy groups -OCH3 is 1. The van der Waals surface area contributed by atoms with Crippen molar-refractivity contribution in [2.75, 3.05) is 12.9 Å². The van der Waals surface area contributed by atoms with Crippen LogP contribution in [0, 0.1) is 0 Å². The summed E-state index contributed by atoms with van der Waals surface area (Å²) in [5.41, 5.74) is 1.21. The summed E-state index contributed by atoms with van der Waals surface area (Å²) in [6.07, 6.45) is 12.7. The lowest BCUT2D eigenvalue weighted by Crippen LogP contribution is -2.28. The SMILES string of the molecule is CCCCCCCCCC(CCCS)(OC)c1ccccc1. The third kappa shape index (κ3) is 6.75. The lowest BCUT2D eigenvalue weighted by molar-refractivity contribution is -0.0319. The third-order valence-corrected chi connectivity index (χ3v) is 4.93. The number of rotatable bonds is 13. The van der Waals surface area contributed by atoms with Gasteiger partial charge in [-0.1, -0.05) is 82.2 Å². The van der Waals surface area contributed by atoms with Crippen molar-refractivity contribution in [3.05, 3.63) is 35.9 Å². The van der Waals surface area contributed by atoms with Gasteiger partial charge in [0.25, 0.3) is 0 Å². The molecule has 0 aliphatic carbocycles. The summed E-state index contributed by atoms with van der Waals surface area (Å²) in [4.78, 5) is 0. The van der Waals surface area contributed by atoms with Crippen molar-refractivity contribution >= 4 is 12.6 Å². The van der Waals surface area contributed by atoms with Crippen LogP contribution in [0.2, 0.25) is 0 Å². The molecular weight excluding hydrogens is 288 g/mol. The van der Waals surface area contributed by atoms with Gasteiger partial charge in [-0.05, 0) is 30.6 Å². The van der Waals surface area contributed by atoms with Crippen LogP contribution in [-0.4, -0.2) is 12.9 Å². The van der Waals surface area contributed by atoms with E-state index >= 15 is 0 Å². The summed E-state index contributed by atoms with van der Waals surface area (Å²) in [6.45, 7) is 2.27. The Kier molecular flexibility index (Phi) is 10.7. The van der Waals surface area contributed by atoms with Gasteiger partial charge in [0.05, 0.1) is 5.60 Å². The monoisotopic (exact) mass is 322 g/mol. The Hall–Kier alpha value is -0.470. The van der Waals surface area contributed by atoms with Crippen LogP contribution >= 0.6 is 12.6 Å². The van der Waals surface area contributed by atoms with Crippen LogP contribution in [0.25, 0.3) is 0 Å². The Morgan fingerprint density at radius 1 is 0.864 bits per heavy atom. The largest absolute Gasteiger partial charge is 0.374 e. The number of ether oxygens (including phenoxy) is 1. The minimum Gasteiger partial charge on any atom is -0.374 e. The molecule has 0 saturated carbocycles. The first-order valence-electron chi connectivity index (χ1n) is 9.00. The van der Waals surface area contributed by atoms with Gasteiger partial charge in [-0.2, -0.15) is 12.6 Å². The third-order valence-electron chi connectivity index (χ3n) is 4.61. The highest BCUT2D eigenvalue weighted by molar-refractivity contribution is 7.80. The maximum atomic E-state index is 6.04. The number of thiol groups is 1. The first kappa shape index (κ1) is 19.6. The molecule has 1 rings (SSSR count). The normalized spacial score (nSPS) is 14.0. The van der Waals surface area contributed by atoms with E-state index in [1.54, 1.807) is 0 Å². The van der Waals surface area contributed by atoms with Gasteiger partial charge in [0.1, 0.15) is 0 Å². The number of hydrogen-bond acceptors (Lipinski definition) is 2. The van der Waals surface area contributed by atoms with Gasteiger partial charge >= 0.3 is 0 Å². The van der Waals surface area contributed by atoms with E-state index in [2.05, 4.69) is 49.9 Å². The van der Waals surface area contributed by atoms with Crippen molar-refractivity contribution in [3.63, 3.8) is 0 Å². The topological polar surface area (TPSA) is 9.23 Å². The highest BCUT2D eigenvalue weighted by atomic mass is 32.1. The summed E-state index contributed by atoms with van der Waals surface area (Å²) in [7, 11) is 1.87. The second-order valence-corrected chi connectivity index (χ2v) is 6.71. The Morgan fingerprint density at radius 3 is 2.05 bits per heavy atom. The molecule has 0 bridgehead atoms. The minimum atomic E-state index is -0.118. The Balaban J connectivity index is 2.51. The molecule has 1 unspecified atom stereocenters. The van der Waals surface area contributed by atoms with Crippen LogP contribution in [-0.2, 0) is 10.3 Å². The maximum Gasteiger partial charge on any atom is 0.0927 e. The molecule has 1 aromatic carbocycles. The summed E-state index contributed by atoms with van der Waals surface area (Å²) in [6, 6.07) is 10.7. The fourth-order valence-electron chi connectivity index (χ4n) is 3.21. The van der Waals surface area contributed by atoms with Crippen LogP contribution in [0.15, 0.2) is 30.3 Å². The highest BCUT2D eigenvalue weighted by Crippen LogP contribution is 2.36. The van der Waals surface area contributed by atoms with Crippen LogP contribution in [0.4, 0.5) is 0 Å². The smallest absolute Gasteiger partial charge is 0.0927 e. The van der Waals surface area contributed by atoms with Crippen molar-refractivity contribution in [3.8, 4) is 0 Å². The minimum absolute atomic E-state index is 0.118. The maximum absolute atomic E-state index is 6.04. The molecule has 0 saturated heterocycles. The first-order chi connectivity index (χ1) is 10.8. The zero-order valence-corrected chi connectivity index (χ0v) is 15.4. The summed E-state index contributed by atoms with van der Waals surface area (Å²) in [5.74, 6) is 0.926. The van der Waals surface area contributed by atoms with E-state index in [0.717, 1.165) is 25.0 Å². The fourth-order valence-corrected chi connectivity index (χ4v) is 3.37. The lowest BCUT2D eigenvalue weighted by atomic mass is 9.84. The molecule has 22 heavy (non-hydrogen) atoms. The molecule has 2 heteroatoms. The molecular formula is C20H34OS. The molecule has 0 aromatic heterocycles. The predicted molar refractivity (Wildman–Crippen MR) is 101 cm³/mol. The van der Waals surface area contributed by atoms with Crippen LogP contribution < -0.4 is 0 Å². The van der Waals surface area contributed by atoms with Crippen LogP contribution in [0.1, 0.15) is 76.7 Å². The average Bonchev–Trinajstić information content (AvgIpc) is 2.58. The Bertz CT molecular complexity index is 365. The standard InChI is InChI=1S/C20H34OS/c1-3-4-5-6-7-8-12-16-20(21-2,17-13-18-22)19-14-10-9-11-15-19/h9-11,14-15,22H,3-8,12-13,16-18H2,1-2H3. The molecule has 1 nitrogen and oxygen atoms in total. The number of benzene rings is 1. The van der Waals surface area contributed by atoms with Crippen molar-refractivity contribution in [1.29, 1.82) is 0 Å². The van der Waals surface area contributed by atoms with E-state index in [4.69, 9.17) is 4.74 Å². The van der Waals surface area contributed by atoms with Gasteiger partial charge in [-0.15, -0.1) is 0 Å². The quantitative estimate of drug-likeness (QED) is 0.327. The first-order valence-corrected chi connectivity index (χ1v) is 9.64. The average molecular weight is 323 g/mol. The van der Waals surface area contributed by atoms with Gasteiger partial charge in [0, 0.05) is 7.11 Å². The molecule has 126 valence electrons. The Morgan fingerprint density at radius 2 is 1.45 bits per heavy atom. The molecule has 1 aromatic rings. The van der Waals surface area contributed by atoms with Gasteiger partial charge in [-0.25, -0.2) is 0 Å². The van der Waals surface area contributed by atoms with E-state index in [0.29, 0.717) is 0 Å². The molecule has 0 fully saturated rings. The second-order valence-electron chi connectivity index (χ2n) is 6.26. The summed E-state index contributed by atoms with van der Waals surface area (Å²) >= 11 is 4.39. The summed E-state index contributed by atoms with van der Waals surface area (Å²) in [5, 5.41) is 0. The van der Waals surface area contributed by atoms with E-state index in [-0.39, 0.29) is 5.60 Å². The molecule has 0 amide bonds. The Labute approximate surface area is 143 Å². The van der Waals surface area contributed by atoms with Gasteiger partial charge < -0.3 is 4.74 Å². The lowest BCUT2D eigenvalue weighted by Gasteiger charge is -2.33. The van der Waals surface area contributed by atoms with Crippen molar-refractivity contribution in [2.45, 2.75) is 76.7 Å². The van der Waals surface area contributed by atoms with Crippen molar-refractivity contribution < 1.29 is 4.74 Å². The van der Waals surface area contributed by atoms with E-state index < -0.39 is 0 Å². The van der Waals surface area contributed by atoms with Crippen molar-refractivity contribution in [2.24, 2.45) is 0 Å². The molecule has 0 spiro atoms. The van der Waals surface area contributed by atoms with Gasteiger partial charge in [0.2, 0.25) is 0 Å². The van der Waals surface area contributed by atoms with Gasteiger partial charge in [-0.3, -0.25) is 0 Å². The molecule has 1 atom stereocenters. The highest BCUT2D eigenvalue weighted by Gasteiger charge is 2.30. The number of unbranched alkanes of at least 4 members (excludes halogenated alkanes) is 6. The van der Waals surface area contributed by atoms with Gasteiger partial charge in [0.15, 0.2) is 0 Å². The molecule has 0 radical (unpaired) electrons. The van der Waals surface area contributed by atoms with E-state index in [1.807, 2.05) is 7.11 Å². The molecule has 0 heterocycles. The second kappa shape index (κ2) is 12.0. The predicted octanol–water partition coefficient (Wildman–Crippen LogP) is 6.38. The molecule has 0 aliphatic heterocycles. The summed E-state index contributed by atoms with van der Waals surface area (Å²) < 4.78 is 6.04. The number of hydrogen-bond donors (Lipinski definition) is 1. The van der Waals surface area contributed by atoms with Crippen LogP contribution in [0.5, 0.6) is 0 Å².